The lowest BCUT2D eigenvalue weighted by molar-refractivity contribution is 0.0617. The van der Waals surface area contributed by atoms with Crippen LogP contribution in [-0.4, -0.2) is 65.4 Å². The van der Waals surface area contributed by atoms with Gasteiger partial charge in [0.2, 0.25) is 0 Å². The van der Waals surface area contributed by atoms with Gasteiger partial charge in [-0.25, -0.2) is 9.97 Å². The Balaban J connectivity index is 1.90. The van der Waals surface area contributed by atoms with Crippen LogP contribution in [-0.2, 0) is 0 Å². The van der Waals surface area contributed by atoms with E-state index in [0.717, 1.165) is 32.7 Å². The number of hydrogen-bond donors (Lipinski definition) is 1. The average Bonchev–Trinajstić information content (AvgIpc) is 2.47. The summed E-state index contributed by atoms with van der Waals surface area (Å²) in [5.41, 5.74) is 0.418. The van der Waals surface area contributed by atoms with Gasteiger partial charge in [-0.2, -0.15) is 0 Å². The van der Waals surface area contributed by atoms with Crippen molar-refractivity contribution in [2.24, 2.45) is 5.92 Å². The van der Waals surface area contributed by atoms with E-state index < -0.39 is 0 Å². The van der Waals surface area contributed by atoms with Gasteiger partial charge in [0.25, 0.3) is 5.91 Å². The predicted molar refractivity (Wildman–Crippen MR) is 78.8 cm³/mol. The van der Waals surface area contributed by atoms with Gasteiger partial charge in [-0.1, -0.05) is 13.8 Å². The Morgan fingerprint density at radius 2 is 1.95 bits per heavy atom. The Kier molecular flexibility index (Phi) is 4.89. The molecule has 1 N–H and O–H groups in total. The topological polar surface area (TPSA) is 61.4 Å². The number of aromatic nitrogens is 2. The molecule has 0 aliphatic carbocycles. The molecule has 0 radical (unpaired) electrons. The van der Waals surface area contributed by atoms with Crippen LogP contribution in [0, 0.1) is 5.92 Å². The minimum atomic E-state index is -0.0237. The largest absolute Gasteiger partial charge is 0.372 e. The number of carbonyl (C=O) groups is 1. The Hall–Kier alpha value is -1.69. The monoisotopic (exact) mass is 277 g/mol. The van der Waals surface area contributed by atoms with Crippen molar-refractivity contribution in [1.82, 2.24) is 19.8 Å². The molecule has 1 aliphatic rings. The van der Waals surface area contributed by atoms with E-state index in [-0.39, 0.29) is 5.91 Å². The van der Waals surface area contributed by atoms with Crippen LogP contribution < -0.4 is 5.32 Å². The summed E-state index contributed by atoms with van der Waals surface area (Å²) in [4.78, 5) is 24.9. The van der Waals surface area contributed by atoms with Gasteiger partial charge in [-0.15, -0.1) is 0 Å². The smallest absolute Gasteiger partial charge is 0.274 e. The number of amides is 1. The van der Waals surface area contributed by atoms with Crippen molar-refractivity contribution in [3.63, 3.8) is 0 Å². The maximum atomic E-state index is 12.3. The second-order valence-corrected chi connectivity index (χ2v) is 5.52. The maximum absolute atomic E-state index is 12.3. The summed E-state index contributed by atoms with van der Waals surface area (Å²) >= 11 is 0. The SMILES string of the molecule is CNc1cnc(C(=O)N2CCN(CC(C)C)CC2)cn1. The molecule has 0 spiro atoms. The number of nitrogens with one attached hydrogen (secondary N) is 1. The summed E-state index contributed by atoms with van der Waals surface area (Å²) in [6, 6.07) is 0. The van der Waals surface area contributed by atoms with E-state index in [4.69, 9.17) is 0 Å². The van der Waals surface area contributed by atoms with Gasteiger partial charge < -0.3 is 10.2 Å². The molecule has 1 aliphatic heterocycles. The molecule has 1 aromatic rings. The lowest BCUT2D eigenvalue weighted by atomic mass is 10.2. The zero-order valence-corrected chi connectivity index (χ0v) is 12.5. The third-order valence-corrected chi connectivity index (χ3v) is 3.41. The molecular formula is C14H23N5O. The molecule has 2 rings (SSSR count). The highest BCUT2D eigenvalue weighted by molar-refractivity contribution is 5.92. The third-order valence-electron chi connectivity index (χ3n) is 3.41. The van der Waals surface area contributed by atoms with E-state index in [1.165, 1.54) is 6.20 Å². The number of nitrogens with zero attached hydrogens (tertiary/aromatic N) is 4. The molecule has 1 amide bonds. The lowest BCUT2D eigenvalue weighted by Gasteiger charge is -2.35. The molecule has 0 bridgehead atoms. The van der Waals surface area contributed by atoms with Gasteiger partial charge in [0.05, 0.1) is 12.4 Å². The molecule has 1 saturated heterocycles. The van der Waals surface area contributed by atoms with E-state index in [2.05, 4.69) is 34.0 Å². The zero-order valence-electron chi connectivity index (χ0n) is 12.5. The molecule has 1 fully saturated rings. The van der Waals surface area contributed by atoms with Gasteiger partial charge in [-0.3, -0.25) is 9.69 Å². The normalized spacial score (nSPS) is 16.5. The minimum Gasteiger partial charge on any atom is -0.372 e. The van der Waals surface area contributed by atoms with Crippen molar-refractivity contribution in [1.29, 1.82) is 0 Å². The fourth-order valence-corrected chi connectivity index (χ4v) is 2.38. The first-order valence-corrected chi connectivity index (χ1v) is 7.11. The Bertz CT molecular complexity index is 437. The van der Waals surface area contributed by atoms with Gasteiger partial charge in [0.1, 0.15) is 11.5 Å². The summed E-state index contributed by atoms with van der Waals surface area (Å²) in [6.45, 7) is 8.94. The van der Waals surface area contributed by atoms with Gasteiger partial charge in [0.15, 0.2) is 0 Å². The van der Waals surface area contributed by atoms with Crippen molar-refractivity contribution in [3.8, 4) is 0 Å². The molecule has 0 atom stereocenters. The van der Waals surface area contributed by atoms with Crippen molar-refractivity contribution in [2.75, 3.05) is 45.1 Å². The first-order chi connectivity index (χ1) is 9.60. The van der Waals surface area contributed by atoms with Crippen LogP contribution in [0.15, 0.2) is 12.4 Å². The van der Waals surface area contributed by atoms with Crippen LogP contribution in [0.1, 0.15) is 24.3 Å². The second-order valence-electron chi connectivity index (χ2n) is 5.52. The standard InChI is InChI=1S/C14H23N5O/c1-11(2)10-18-4-6-19(7-5-18)14(20)12-8-17-13(15-3)9-16-12/h8-9,11H,4-7,10H2,1-3H3,(H,15,17). The minimum absolute atomic E-state index is 0.0237. The highest BCUT2D eigenvalue weighted by Gasteiger charge is 2.23. The first-order valence-electron chi connectivity index (χ1n) is 7.11. The van der Waals surface area contributed by atoms with Crippen molar-refractivity contribution >= 4 is 11.7 Å². The average molecular weight is 277 g/mol. The summed E-state index contributed by atoms with van der Waals surface area (Å²) in [5.74, 6) is 1.31. The number of piperazine rings is 1. The van der Waals surface area contributed by atoms with Gasteiger partial charge >= 0.3 is 0 Å². The summed E-state index contributed by atoms with van der Waals surface area (Å²) in [6.07, 6.45) is 3.12. The van der Waals surface area contributed by atoms with Crippen molar-refractivity contribution in [3.05, 3.63) is 18.1 Å². The van der Waals surface area contributed by atoms with Crippen molar-refractivity contribution < 1.29 is 4.79 Å². The fraction of sp³-hybridized carbons (Fsp3) is 0.643. The van der Waals surface area contributed by atoms with Crippen LogP contribution in [0.3, 0.4) is 0 Å². The van der Waals surface area contributed by atoms with E-state index in [9.17, 15) is 4.79 Å². The highest BCUT2D eigenvalue weighted by Crippen LogP contribution is 2.09. The van der Waals surface area contributed by atoms with E-state index in [0.29, 0.717) is 17.4 Å². The summed E-state index contributed by atoms with van der Waals surface area (Å²) < 4.78 is 0. The Labute approximate surface area is 120 Å². The lowest BCUT2D eigenvalue weighted by Crippen LogP contribution is -2.49. The molecule has 6 heteroatoms. The number of anilines is 1. The molecule has 20 heavy (non-hydrogen) atoms. The number of carbonyl (C=O) groups excluding carboxylic acids is 1. The Morgan fingerprint density at radius 3 is 2.45 bits per heavy atom. The van der Waals surface area contributed by atoms with Crippen LogP contribution in [0.4, 0.5) is 5.82 Å². The molecular weight excluding hydrogens is 254 g/mol. The summed E-state index contributed by atoms with van der Waals surface area (Å²) in [5, 5.41) is 2.89. The van der Waals surface area contributed by atoms with Gasteiger partial charge in [0, 0.05) is 39.8 Å². The van der Waals surface area contributed by atoms with Crippen LogP contribution in [0.5, 0.6) is 0 Å². The van der Waals surface area contributed by atoms with Crippen LogP contribution >= 0.6 is 0 Å². The molecule has 110 valence electrons. The molecule has 6 nitrogen and oxygen atoms in total. The predicted octanol–water partition coefficient (Wildman–Crippen LogP) is 0.932. The van der Waals surface area contributed by atoms with E-state index in [1.54, 1.807) is 13.2 Å². The molecule has 0 aromatic carbocycles. The second kappa shape index (κ2) is 6.65. The molecule has 0 saturated carbocycles. The van der Waals surface area contributed by atoms with E-state index >= 15 is 0 Å². The molecule has 2 heterocycles. The van der Waals surface area contributed by atoms with Crippen molar-refractivity contribution in [2.45, 2.75) is 13.8 Å². The summed E-state index contributed by atoms with van der Waals surface area (Å²) in [7, 11) is 1.78. The Morgan fingerprint density at radius 1 is 1.25 bits per heavy atom. The molecule has 1 aromatic heterocycles. The van der Waals surface area contributed by atoms with Crippen LogP contribution in [0.25, 0.3) is 0 Å². The number of hydrogen-bond acceptors (Lipinski definition) is 5. The third kappa shape index (κ3) is 3.66. The number of rotatable bonds is 4. The maximum Gasteiger partial charge on any atom is 0.274 e. The fourth-order valence-electron chi connectivity index (χ4n) is 2.38. The van der Waals surface area contributed by atoms with Crippen LogP contribution in [0.2, 0.25) is 0 Å². The first kappa shape index (κ1) is 14.7. The van der Waals surface area contributed by atoms with E-state index in [1.807, 2.05) is 4.90 Å². The quantitative estimate of drug-likeness (QED) is 0.887. The molecule has 0 unspecified atom stereocenters. The zero-order chi connectivity index (χ0) is 14.5. The van der Waals surface area contributed by atoms with Gasteiger partial charge in [-0.05, 0) is 5.92 Å². The highest BCUT2D eigenvalue weighted by atomic mass is 16.2.